The van der Waals surface area contributed by atoms with Gasteiger partial charge in [0.1, 0.15) is 0 Å². The normalized spacial score (nSPS) is 12.2. The maximum absolute atomic E-state index is 6.10. The minimum atomic E-state index is 0. The Bertz CT molecular complexity index is 1230. The van der Waals surface area contributed by atoms with Crippen LogP contribution in [0.15, 0.2) is 89.6 Å². The first kappa shape index (κ1) is 22.1. The zero-order chi connectivity index (χ0) is 20.9. The van der Waals surface area contributed by atoms with Crippen molar-refractivity contribution < 1.29 is 24.5 Å². The van der Waals surface area contributed by atoms with Crippen molar-refractivity contribution in [3.8, 4) is 22.5 Å². The molecule has 3 aromatic heterocycles. The summed E-state index contributed by atoms with van der Waals surface area (Å²) >= 11 is 0. The summed E-state index contributed by atoms with van der Waals surface area (Å²) in [6, 6.07) is 30.1. The van der Waals surface area contributed by atoms with Crippen molar-refractivity contribution in [3.63, 3.8) is 0 Å². The number of aromatic nitrogens is 2. The summed E-state index contributed by atoms with van der Waals surface area (Å²) in [5, 5.41) is 1.24. The van der Waals surface area contributed by atoms with Crippen LogP contribution in [0.4, 0.5) is 0 Å². The van der Waals surface area contributed by atoms with Crippen LogP contribution in [0.5, 0.6) is 0 Å². The molecular formula is C28H22IrN2O-2. The van der Waals surface area contributed by atoms with Crippen molar-refractivity contribution in [2.24, 2.45) is 0 Å². The van der Waals surface area contributed by atoms with E-state index < -0.39 is 0 Å². The van der Waals surface area contributed by atoms with Gasteiger partial charge in [-0.2, -0.15) is 0 Å². The van der Waals surface area contributed by atoms with E-state index in [-0.39, 0.29) is 20.1 Å². The van der Waals surface area contributed by atoms with E-state index >= 15 is 0 Å². The third-order valence-electron chi connectivity index (χ3n) is 5.49. The fourth-order valence-corrected chi connectivity index (χ4v) is 4.00. The van der Waals surface area contributed by atoms with Crippen LogP contribution in [-0.4, -0.2) is 9.97 Å². The van der Waals surface area contributed by atoms with Gasteiger partial charge in [0.2, 0.25) is 0 Å². The van der Waals surface area contributed by atoms with Crippen LogP contribution < -0.4 is 0 Å². The molecule has 32 heavy (non-hydrogen) atoms. The number of nitrogens with zero attached hydrogens (tertiary/aromatic N) is 2. The molecule has 0 amide bonds. The minimum Gasteiger partial charge on any atom is -0.505 e. The number of rotatable bonds is 2. The molecule has 0 N–H and O–H groups in total. The Hall–Kier alpha value is -3.07. The molecule has 0 saturated carbocycles. The molecule has 0 fully saturated rings. The number of aryl methyl sites for hydroxylation is 2. The first-order chi connectivity index (χ1) is 15.4. The summed E-state index contributed by atoms with van der Waals surface area (Å²) in [6.45, 7) is 0. The molecule has 0 saturated heterocycles. The van der Waals surface area contributed by atoms with Crippen LogP contribution in [-0.2, 0) is 32.9 Å². The Kier molecular flexibility index (Phi) is 7.26. The van der Waals surface area contributed by atoms with E-state index in [0.29, 0.717) is 0 Å². The van der Waals surface area contributed by atoms with E-state index in [1.807, 2.05) is 72.9 Å². The van der Waals surface area contributed by atoms with Gasteiger partial charge in [0, 0.05) is 38.9 Å². The maximum atomic E-state index is 6.10. The molecule has 0 bridgehead atoms. The molecule has 3 heterocycles. The molecule has 2 aromatic carbocycles. The molecule has 0 unspecified atom stereocenters. The van der Waals surface area contributed by atoms with Gasteiger partial charge in [-0.25, -0.2) is 0 Å². The van der Waals surface area contributed by atoms with Crippen LogP contribution in [0.2, 0.25) is 0 Å². The number of hydrogen-bond acceptors (Lipinski definition) is 3. The molecular weight excluding hydrogens is 573 g/mol. The minimum absolute atomic E-state index is 0. The summed E-state index contributed by atoms with van der Waals surface area (Å²) < 4.78 is 6.10. The second kappa shape index (κ2) is 10.5. The largest absolute Gasteiger partial charge is 0.505 e. The quantitative estimate of drug-likeness (QED) is 0.213. The average molecular weight is 595 g/mol. The van der Waals surface area contributed by atoms with Crippen molar-refractivity contribution in [2.75, 3.05) is 0 Å². The van der Waals surface area contributed by atoms with Crippen LogP contribution in [0.3, 0.4) is 0 Å². The molecule has 5 aromatic rings. The zero-order valence-electron chi connectivity index (χ0n) is 17.5. The fraction of sp³-hybridized carbons (Fsp3) is 0.143. The summed E-state index contributed by atoms with van der Waals surface area (Å²) in [5.74, 6) is 1.16. The summed E-state index contributed by atoms with van der Waals surface area (Å²) in [5.41, 5.74) is 6.27. The van der Waals surface area contributed by atoms with Gasteiger partial charge < -0.3 is 14.4 Å². The van der Waals surface area contributed by atoms with Gasteiger partial charge in [-0.05, 0) is 48.3 Å². The van der Waals surface area contributed by atoms with Gasteiger partial charge in [-0.1, -0.05) is 35.2 Å². The molecule has 0 spiro atoms. The molecule has 4 heteroatoms. The molecule has 1 aliphatic rings. The van der Waals surface area contributed by atoms with Crippen LogP contribution in [0, 0.1) is 12.1 Å². The molecule has 3 nitrogen and oxygen atoms in total. The molecule has 1 radical (unpaired) electrons. The Balaban J connectivity index is 0.000000164. The molecule has 0 atom stereocenters. The Morgan fingerprint density at radius 1 is 0.719 bits per heavy atom. The van der Waals surface area contributed by atoms with Gasteiger partial charge in [0.15, 0.2) is 0 Å². The van der Waals surface area contributed by atoms with E-state index in [1.54, 1.807) is 6.20 Å². The van der Waals surface area contributed by atoms with Crippen molar-refractivity contribution in [3.05, 3.63) is 109 Å². The predicted molar refractivity (Wildman–Crippen MR) is 123 cm³/mol. The third-order valence-corrected chi connectivity index (χ3v) is 5.49. The monoisotopic (exact) mass is 595 g/mol. The van der Waals surface area contributed by atoms with Gasteiger partial charge in [0.25, 0.3) is 0 Å². The number of fused-ring (bicyclic) bond motifs is 3. The van der Waals surface area contributed by atoms with Gasteiger partial charge in [-0.3, -0.25) is 0 Å². The van der Waals surface area contributed by atoms with E-state index in [0.717, 1.165) is 46.7 Å². The van der Waals surface area contributed by atoms with Gasteiger partial charge >= 0.3 is 0 Å². The average Bonchev–Trinajstić information content (AvgIpc) is 3.25. The number of benzene rings is 2. The maximum Gasteiger partial charge on any atom is 0.0930 e. The van der Waals surface area contributed by atoms with Crippen molar-refractivity contribution in [1.29, 1.82) is 0 Å². The van der Waals surface area contributed by atoms with E-state index in [9.17, 15) is 0 Å². The van der Waals surface area contributed by atoms with Crippen LogP contribution in [0.1, 0.15) is 24.2 Å². The van der Waals surface area contributed by atoms with E-state index in [1.165, 1.54) is 23.8 Å². The second-order valence-electron chi connectivity index (χ2n) is 7.51. The molecule has 161 valence electrons. The van der Waals surface area contributed by atoms with E-state index in [4.69, 9.17) is 4.42 Å². The number of hydrogen-bond donors (Lipinski definition) is 0. The number of pyridine rings is 2. The summed E-state index contributed by atoms with van der Waals surface area (Å²) in [7, 11) is 0. The predicted octanol–water partition coefficient (Wildman–Crippen LogP) is 6.72. The van der Waals surface area contributed by atoms with Crippen LogP contribution in [0.25, 0.3) is 33.5 Å². The topological polar surface area (TPSA) is 38.9 Å². The summed E-state index contributed by atoms with van der Waals surface area (Å²) in [6.07, 6.45) is 8.29. The smallest absolute Gasteiger partial charge is 0.0930 e. The zero-order valence-corrected chi connectivity index (χ0v) is 19.9. The fourth-order valence-electron chi connectivity index (χ4n) is 4.00. The SMILES string of the molecule is [Ir].[c-]1ccc2c3c(oc2c1-c1ccccn1)CCCC3.[c-]1ccccc1-c1ccccn1. The third kappa shape index (κ3) is 4.72. The van der Waals surface area contributed by atoms with Gasteiger partial charge in [-0.15, -0.1) is 54.1 Å². The summed E-state index contributed by atoms with van der Waals surface area (Å²) in [4.78, 5) is 8.63. The van der Waals surface area contributed by atoms with Crippen molar-refractivity contribution in [1.82, 2.24) is 9.97 Å². The second-order valence-corrected chi connectivity index (χ2v) is 7.51. The Morgan fingerprint density at radius 3 is 2.19 bits per heavy atom. The Labute approximate surface area is 201 Å². The van der Waals surface area contributed by atoms with Crippen molar-refractivity contribution in [2.45, 2.75) is 25.7 Å². The van der Waals surface area contributed by atoms with Crippen LogP contribution >= 0.6 is 0 Å². The molecule has 1 aliphatic carbocycles. The van der Waals surface area contributed by atoms with E-state index in [2.05, 4.69) is 28.2 Å². The standard InChI is InChI=1S/C17H14NO.C11H8N.Ir/c1-2-10-16-12(6-1)13-7-5-8-14(17(13)19-16)15-9-3-4-11-18-15;1-2-6-10(7-3-1)11-8-4-5-9-12-11;/h3-5,7,9,11H,1-2,6,10H2;1-6,8-9H;/q2*-1;. The Morgan fingerprint density at radius 2 is 1.47 bits per heavy atom. The number of furan rings is 1. The van der Waals surface area contributed by atoms with Gasteiger partial charge in [0.05, 0.1) is 11.3 Å². The molecule has 6 rings (SSSR count). The first-order valence-corrected chi connectivity index (χ1v) is 10.6. The first-order valence-electron chi connectivity index (χ1n) is 10.6. The van der Waals surface area contributed by atoms with Crippen molar-refractivity contribution >= 4 is 11.0 Å². The molecule has 0 aliphatic heterocycles.